The van der Waals surface area contributed by atoms with Crippen LogP contribution in [-0.4, -0.2) is 49.1 Å². The van der Waals surface area contributed by atoms with Gasteiger partial charge in [0.15, 0.2) is 11.5 Å². The van der Waals surface area contributed by atoms with Crippen molar-refractivity contribution < 1.29 is 28.9 Å². The smallest absolute Gasteiger partial charge is 0.295 e. The minimum Gasteiger partial charge on any atom is -0.507 e. The van der Waals surface area contributed by atoms with Gasteiger partial charge in [-0.2, -0.15) is 0 Å². The Balaban J connectivity index is 1.73. The fourth-order valence-electron chi connectivity index (χ4n) is 4.52. The first-order valence-corrected chi connectivity index (χ1v) is 12.2. The number of carbonyl (C=O) groups is 2. The molecule has 1 fully saturated rings. The zero-order valence-corrected chi connectivity index (χ0v) is 21.5. The number of likely N-dealkylation sites (tertiary alicyclic amines) is 1. The topological polar surface area (TPSA) is 85.3 Å². The highest BCUT2D eigenvalue weighted by Gasteiger charge is 2.45. The van der Waals surface area contributed by atoms with E-state index in [0.29, 0.717) is 41.4 Å². The van der Waals surface area contributed by atoms with Crippen LogP contribution < -0.4 is 14.2 Å². The zero-order chi connectivity index (χ0) is 26.5. The van der Waals surface area contributed by atoms with Gasteiger partial charge >= 0.3 is 0 Å². The van der Waals surface area contributed by atoms with Gasteiger partial charge in [-0.3, -0.25) is 9.59 Å². The highest BCUT2D eigenvalue weighted by Crippen LogP contribution is 2.40. The van der Waals surface area contributed by atoms with E-state index in [1.54, 1.807) is 38.5 Å². The fourth-order valence-corrected chi connectivity index (χ4v) is 4.52. The average Bonchev–Trinajstić information content (AvgIpc) is 3.17. The number of hydrogen-bond donors (Lipinski definition) is 1. The van der Waals surface area contributed by atoms with Gasteiger partial charge in [0, 0.05) is 12.1 Å². The van der Waals surface area contributed by atoms with E-state index in [4.69, 9.17) is 14.2 Å². The van der Waals surface area contributed by atoms with Crippen molar-refractivity contribution in [2.75, 3.05) is 27.4 Å². The van der Waals surface area contributed by atoms with Crippen LogP contribution in [0.25, 0.3) is 5.76 Å². The van der Waals surface area contributed by atoms with Crippen LogP contribution in [0.3, 0.4) is 0 Å². The number of aliphatic hydroxyl groups excluding tert-OH is 1. The van der Waals surface area contributed by atoms with Crippen LogP contribution in [0.2, 0.25) is 0 Å². The van der Waals surface area contributed by atoms with Gasteiger partial charge in [0.2, 0.25) is 0 Å². The maximum absolute atomic E-state index is 13.3. The number of aryl methyl sites for hydroxylation is 1. The second-order valence-corrected chi connectivity index (χ2v) is 8.80. The maximum Gasteiger partial charge on any atom is 0.295 e. The van der Waals surface area contributed by atoms with Crippen LogP contribution in [0.1, 0.15) is 35.2 Å². The molecule has 1 atom stereocenters. The van der Waals surface area contributed by atoms with E-state index < -0.39 is 17.7 Å². The Morgan fingerprint density at radius 2 is 1.59 bits per heavy atom. The Morgan fingerprint density at radius 3 is 2.22 bits per heavy atom. The van der Waals surface area contributed by atoms with Gasteiger partial charge in [0.1, 0.15) is 11.5 Å². The molecule has 0 aromatic heterocycles. The first-order valence-electron chi connectivity index (χ1n) is 12.2. The van der Waals surface area contributed by atoms with E-state index in [2.05, 4.69) is 0 Å². The molecule has 0 radical (unpaired) electrons. The number of carbonyl (C=O) groups excluding carboxylic acids is 2. The van der Waals surface area contributed by atoms with E-state index in [1.807, 2.05) is 56.3 Å². The number of rotatable bonds is 9. The quantitative estimate of drug-likeness (QED) is 0.250. The molecule has 3 aromatic carbocycles. The van der Waals surface area contributed by atoms with Gasteiger partial charge in [0.25, 0.3) is 11.7 Å². The summed E-state index contributed by atoms with van der Waals surface area (Å²) in [5, 5.41) is 11.2. The van der Waals surface area contributed by atoms with E-state index >= 15 is 0 Å². The molecule has 0 unspecified atom stereocenters. The molecule has 1 N–H and O–H groups in total. The van der Waals surface area contributed by atoms with Crippen molar-refractivity contribution in [1.29, 1.82) is 0 Å². The number of amides is 1. The largest absolute Gasteiger partial charge is 0.507 e. The Labute approximate surface area is 216 Å². The number of hydrogen-bond acceptors (Lipinski definition) is 6. The maximum atomic E-state index is 13.3. The van der Waals surface area contributed by atoms with Crippen molar-refractivity contribution in [3.05, 3.63) is 94.6 Å². The van der Waals surface area contributed by atoms with Crippen molar-refractivity contribution in [1.82, 2.24) is 4.90 Å². The van der Waals surface area contributed by atoms with Gasteiger partial charge in [-0.25, -0.2) is 0 Å². The number of ketones is 1. The van der Waals surface area contributed by atoms with Gasteiger partial charge in [-0.1, -0.05) is 48.0 Å². The van der Waals surface area contributed by atoms with Crippen LogP contribution in [0.15, 0.2) is 72.3 Å². The lowest BCUT2D eigenvalue weighted by atomic mass is 9.95. The Bertz CT molecular complexity index is 1310. The second kappa shape index (κ2) is 11.2. The zero-order valence-electron chi connectivity index (χ0n) is 21.5. The molecule has 0 aliphatic carbocycles. The molecule has 0 spiro atoms. The summed E-state index contributed by atoms with van der Waals surface area (Å²) < 4.78 is 16.3. The fraction of sp³-hybridized carbons (Fsp3) is 0.267. The highest BCUT2D eigenvalue weighted by molar-refractivity contribution is 6.46. The Kier molecular flexibility index (Phi) is 7.82. The van der Waals surface area contributed by atoms with Crippen LogP contribution >= 0.6 is 0 Å². The van der Waals surface area contributed by atoms with Crippen LogP contribution in [0.4, 0.5) is 0 Å². The molecule has 1 saturated heterocycles. The van der Waals surface area contributed by atoms with Crippen LogP contribution in [0, 0.1) is 6.92 Å². The SMILES string of the molecule is CCOc1ccc([C@H]2C(=C(O)c3ccc(C)cc3)C(=O)C(=O)N2CCc2ccc(OC)c(OC)c2)cc1. The van der Waals surface area contributed by atoms with E-state index in [9.17, 15) is 14.7 Å². The molecule has 192 valence electrons. The molecule has 37 heavy (non-hydrogen) atoms. The third kappa shape index (κ3) is 5.31. The average molecular weight is 502 g/mol. The summed E-state index contributed by atoms with van der Waals surface area (Å²) in [6, 6.07) is 19.3. The number of Topliss-reactive ketones (excluding diaryl/α,β-unsaturated/α-hetero) is 1. The first kappa shape index (κ1) is 25.8. The lowest BCUT2D eigenvalue weighted by Crippen LogP contribution is -2.31. The summed E-state index contributed by atoms with van der Waals surface area (Å²) >= 11 is 0. The van der Waals surface area contributed by atoms with E-state index in [0.717, 1.165) is 11.1 Å². The molecule has 0 bridgehead atoms. The number of ether oxygens (including phenoxy) is 3. The van der Waals surface area contributed by atoms with Gasteiger partial charge in [-0.15, -0.1) is 0 Å². The second-order valence-electron chi connectivity index (χ2n) is 8.80. The Morgan fingerprint density at radius 1 is 0.919 bits per heavy atom. The molecule has 4 rings (SSSR count). The third-order valence-electron chi connectivity index (χ3n) is 6.46. The Hall–Kier alpha value is -4.26. The molecule has 7 heteroatoms. The van der Waals surface area contributed by atoms with Gasteiger partial charge < -0.3 is 24.2 Å². The van der Waals surface area contributed by atoms with E-state index in [-0.39, 0.29) is 17.9 Å². The molecule has 1 aliphatic heterocycles. The standard InChI is InChI=1S/C30H31NO6/c1-5-37-23-13-11-21(12-14-23)27-26(28(32)22-9-6-19(2)7-10-22)29(33)30(34)31(27)17-16-20-8-15-24(35-3)25(18-20)36-4/h6-15,18,27,32H,5,16-17H2,1-4H3/t27-/m0/s1. The summed E-state index contributed by atoms with van der Waals surface area (Å²) in [5.74, 6) is 0.346. The van der Waals surface area contributed by atoms with Crippen molar-refractivity contribution >= 4 is 17.4 Å². The predicted molar refractivity (Wildman–Crippen MR) is 141 cm³/mol. The number of methoxy groups -OCH3 is 2. The molecule has 1 amide bonds. The van der Waals surface area contributed by atoms with Crippen molar-refractivity contribution in [2.24, 2.45) is 0 Å². The first-order chi connectivity index (χ1) is 17.9. The van der Waals surface area contributed by atoms with Crippen LogP contribution in [0.5, 0.6) is 17.2 Å². The normalized spacial score (nSPS) is 16.6. The summed E-state index contributed by atoms with van der Waals surface area (Å²) in [6.07, 6.45) is 0.478. The molecular formula is C30H31NO6. The predicted octanol–water partition coefficient (Wildman–Crippen LogP) is 5.08. The molecule has 7 nitrogen and oxygen atoms in total. The lowest BCUT2D eigenvalue weighted by Gasteiger charge is -2.25. The minimum absolute atomic E-state index is 0.0744. The molecule has 0 saturated carbocycles. The van der Waals surface area contributed by atoms with Gasteiger partial charge in [0.05, 0.1) is 32.4 Å². The van der Waals surface area contributed by atoms with Gasteiger partial charge in [-0.05, 0) is 55.7 Å². The summed E-state index contributed by atoms with van der Waals surface area (Å²) in [6.45, 7) is 4.63. The summed E-state index contributed by atoms with van der Waals surface area (Å²) in [4.78, 5) is 28.1. The third-order valence-corrected chi connectivity index (χ3v) is 6.46. The lowest BCUT2D eigenvalue weighted by molar-refractivity contribution is -0.139. The number of benzene rings is 3. The number of nitrogens with zero attached hydrogens (tertiary/aromatic N) is 1. The van der Waals surface area contributed by atoms with Crippen molar-refractivity contribution in [3.8, 4) is 17.2 Å². The summed E-state index contributed by atoms with van der Waals surface area (Å²) in [5.41, 5.74) is 3.21. The van der Waals surface area contributed by atoms with Crippen LogP contribution in [-0.2, 0) is 16.0 Å². The molecule has 3 aromatic rings. The monoisotopic (exact) mass is 501 g/mol. The molecule has 1 heterocycles. The summed E-state index contributed by atoms with van der Waals surface area (Å²) in [7, 11) is 3.14. The number of aliphatic hydroxyl groups is 1. The minimum atomic E-state index is -0.739. The van der Waals surface area contributed by atoms with Crippen molar-refractivity contribution in [3.63, 3.8) is 0 Å². The van der Waals surface area contributed by atoms with E-state index in [1.165, 1.54) is 4.90 Å². The van der Waals surface area contributed by atoms with Crippen molar-refractivity contribution in [2.45, 2.75) is 26.3 Å². The highest BCUT2D eigenvalue weighted by atomic mass is 16.5. The molecule has 1 aliphatic rings. The molecular weight excluding hydrogens is 470 g/mol.